The van der Waals surface area contributed by atoms with E-state index in [-0.39, 0.29) is 18.5 Å². The van der Waals surface area contributed by atoms with Crippen LogP contribution in [0.4, 0.5) is 0 Å². The Morgan fingerprint density at radius 3 is 2.53 bits per heavy atom. The van der Waals surface area contributed by atoms with E-state index in [0.717, 1.165) is 5.56 Å². The standard InChI is InChI=1S/C13H18O4/c1-2-12(10-6-4-3-5-7-10)13(16)17-9-11(15)8-14/h3-7,11-12,14-15H,2,8-9H2,1H3. The van der Waals surface area contributed by atoms with Crippen molar-refractivity contribution in [1.82, 2.24) is 0 Å². The number of esters is 1. The third-order valence-electron chi connectivity index (χ3n) is 2.52. The molecular formula is C13H18O4. The minimum atomic E-state index is -1.01. The van der Waals surface area contributed by atoms with Gasteiger partial charge in [0.1, 0.15) is 12.7 Å². The molecule has 0 heterocycles. The molecule has 0 saturated heterocycles. The van der Waals surface area contributed by atoms with Gasteiger partial charge < -0.3 is 14.9 Å². The third kappa shape index (κ3) is 4.17. The zero-order valence-corrected chi connectivity index (χ0v) is 9.87. The fraction of sp³-hybridized carbons (Fsp3) is 0.462. The molecule has 17 heavy (non-hydrogen) atoms. The maximum absolute atomic E-state index is 11.8. The van der Waals surface area contributed by atoms with Crippen molar-refractivity contribution in [2.45, 2.75) is 25.4 Å². The van der Waals surface area contributed by atoms with Crippen LogP contribution >= 0.6 is 0 Å². The molecule has 4 heteroatoms. The van der Waals surface area contributed by atoms with E-state index in [1.54, 1.807) is 0 Å². The molecule has 4 nitrogen and oxygen atoms in total. The molecule has 94 valence electrons. The van der Waals surface area contributed by atoms with Crippen molar-refractivity contribution >= 4 is 5.97 Å². The monoisotopic (exact) mass is 238 g/mol. The van der Waals surface area contributed by atoms with Crippen LogP contribution in [0.1, 0.15) is 24.8 Å². The predicted molar refractivity (Wildman–Crippen MR) is 63.5 cm³/mol. The lowest BCUT2D eigenvalue weighted by atomic mass is 9.97. The van der Waals surface area contributed by atoms with Crippen molar-refractivity contribution in [2.75, 3.05) is 13.2 Å². The summed E-state index contributed by atoms with van der Waals surface area (Å²) < 4.78 is 4.95. The van der Waals surface area contributed by atoms with E-state index in [1.807, 2.05) is 37.3 Å². The summed E-state index contributed by atoms with van der Waals surface area (Å²) in [5.41, 5.74) is 0.901. The first-order valence-corrected chi connectivity index (χ1v) is 5.69. The van der Waals surface area contributed by atoms with Gasteiger partial charge in [-0.25, -0.2) is 0 Å². The van der Waals surface area contributed by atoms with E-state index in [2.05, 4.69) is 0 Å². The normalized spacial score (nSPS) is 14.1. The first-order valence-electron chi connectivity index (χ1n) is 5.69. The predicted octanol–water partition coefficient (Wildman–Crippen LogP) is 1.08. The highest BCUT2D eigenvalue weighted by atomic mass is 16.5. The highest BCUT2D eigenvalue weighted by Gasteiger charge is 2.20. The molecule has 0 aliphatic heterocycles. The molecule has 0 aliphatic rings. The van der Waals surface area contributed by atoms with Gasteiger partial charge in [0.25, 0.3) is 0 Å². The lowest BCUT2D eigenvalue weighted by molar-refractivity contribution is -0.149. The lowest BCUT2D eigenvalue weighted by Gasteiger charge is -2.15. The topological polar surface area (TPSA) is 66.8 Å². The highest BCUT2D eigenvalue weighted by molar-refractivity contribution is 5.78. The molecule has 2 atom stereocenters. The Morgan fingerprint density at radius 1 is 1.35 bits per heavy atom. The number of benzene rings is 1. The van der Waals surface area contributed by atoms with Gasteiger partial charge in [0.2, 0.25) is 0 Å². The van der Waals surface area contributed by atoms with Crippen LogP contribution in [-0.4, -0.2) is 35.5 Å². The summed E-state index contributed by atoms with van der Waals surface area (Å²) in [7, 11) is 0. The van der Waals surface area contributed by atoms with E-state index in [1.165, 1.54) is 0 Å². The Morgan fingerprint density at radius 2 is 2.00 bits per heavy atom. The SMILES string of the molecule is CCC(C(=O)OCC(O)CO)c1ccccc1. The number of ether oxygens (including phenoxy) is 1. The molecular weight excluding hydrogens is 220 g/mol. The van der Waals surface area contributed by atoms with Crippen molar-refractivity contribution in [3.63, 3.8) is 0 Å². The zero-order valence-electron chi connectivity index (χ0n) is 9.87. The number of carbonyl (C=O) groups excluding carboxylic acids is 1. The van der Waals surface area contributed by atoms with E-state index in [0.29, 0.717) is 6.42 Å². The Bertz CT molecular complexity index is 337. The van der Waals surface area contributed by atoms with E-state index < -0.39 is 12.7 Å². The first-order chi connectivity index (χ1) is 8.19. The van der Waals surface area contributed by atoms with Crippen LogP contribution in [0.3, 0.4) is 0 Å². The fourth-order valence-corrected chi connectivity index (χ4v) is 1.56. The molecule has 2 unspecified atom stereocenters. The van der Waals surface area contributed by atoms with Crippen LogP contribution in [0.2, 0.25) is 0 Å². The summed E-state index contributed by atoms with van der Waals surface area (Å²) in [5, 5.41) is 17.7. The number of hydrogen-bond acceptors (Lipinski definition) is 4. The van der Waals surface area contributed by atoms with Gasteiger partial charge in [0.05, 0.1) is 12.5 Å². The molecule has 0 aliphatic carbocycles. The maximum atomic E-state index is 11.8. The van der Waals surface area contributed by atoms with Crippen LogP contribution in [0, 0.1) is 0 Å². The summed E-state index contributed by atoms with van der Waals surface area (Å²) in [4.78, 5) is 11.8. The molecule has 0 amide bonds. The minimum Gasteiger partial charge on any atom is -0.462 e. The van der Waals surface area contributed by atoms with Gasteiger partial charge in [0.15, 0.2) is 0 Å². The van der Waals surface area contributed by atoms with Gasteiger partial charge in [-0.15, -0.1) is 0 Å². The molecule has 0 bridgehead atoms. The third-order valence-corrected chi connectivity index (χ3v) is 2.52. The van der Waals surface area contributed by atoms with Gasteiger partial charge in [-0.3, -0.25) is 4.79 Å². The second kappa shape index (κ2) is 7.04. The molecule has 2 N–H and O–H groups in total. The van der Waals surface area contributed by atoms with Crippen molar-refractivity contribution in [1.29, 1.82) is 0 Å². The van der Waals surface area contributed by atoms with Crippen LogP contribution < -0.4 is 0 Å². The Hall–Kier alpha value is -1.39. The number of aliphatic hydroxyl groups excluding tert-OH is 2. The zero-order chi connectivity index (χ0) is 12.7. The maximum Gasteiger partial charge on any atom is 0.313 e. The molecule has 1 aromatic carbocycles. The molecule has 1 aromatic rings. The van der Waals surface area contributed by atoms with Gasteiger partial charge in [0, 0.05) is 0 Å². The number of carbonyl (C=O) groups is 1. The Kier molecular flexibility index (Phi) is 5.66. The molecule has 0 radical (unpaired) electrons. The Labute approximate surface area is 101 Å². The molecule has 0 spiro atoms. The van der Waals surface area contributed by atoms with Crippen molar-refractivity contribution < 1.29 is 19.7 Å². The number of rotatable bonds is 6. The van der Waals surface area contributed by atoms with Crippen LogP contribution in [0.25, 0.3) is 0 Å². The highest BCUT2D eigenvalue weighted by Crippen LogP contribution is 2.20. The summed E-state index contributed by atoms with van der Waals surface area (Å²) >= 11 is 0. The minimum absolute atomic E-state index is 0.168. The van der Waals surface area contributed by atoms with E-state index in [4.69, 9.17) is 14.9 Å². The van der Waals surface area contributed by atoms with Crippen molar-refractivity contribution in [2.24, 2.45) is 0 Å². The molecule has 1 rings (SSSR count). The van der Waals surface area contributed by atoms with E-state index in [9.17, 15) is 4.79 Å². The largest absolute Gasteiger partial charge is 0.462 e. The van der Waals surface area contributed by atoms with Gasteiger partial charge in [-0.2, -0.15) is 0 Å². The Balaban J connectivity index is 2.59. The summed E-state index contributed by atoms with van der Waals surface area (Å²) in [6.45, 7) is 1.33. The molecule has 0 saturated carbocycles. The number of hydrogen-bond donors (Lipinski definition) is 2. The van der Waals surface area contributed by atoms with Crippen LogP contribution in [0.15, 0.2) is 30.3 Å². The van der Waals surface area contributed by atoms with Gasteiger partial charge in [-0.1, -0.05) is 37.3 Å². The van der Waals surface area contributed by atoms with Crippen molar-refractivity contribution in [3.8, 4) is 0 Å². The number of aliphatic hydroxyl groups is 2. The smallest absolute Gasteiger partial charge is 0.313 e. The van der Waals surface area contributed by atoms with Crippen LogP contribution in [0.5, 0.6) is 0 Å². The van der Waals surface area contributed by atoms with Crippen molar-refractivity contribution in [3.05, 3.63) is 35.9 Å². The van der Waals surface area contributed by atoms with Gasteiger partial charge in [-0.05, 0) is 12.0 Å². The first kappa shape index (κ1) is 13.7. The molecule has 0 fully saturated rings. The average Bonchev–Trinajstić information content (AvgIpc) is 2.38. The summed E-state index contributed by atoms with van der Waals surface area (Å²) in [5.74, 6) is -0.687. The van der Waals surface area contributed by atoms with Gasteiger partial charge >= 0.3 is 5.97 Å². The second-order valence-corrected chi connectivity index (χ2v) is 3.84. The summed E-state index contributed by atoms with van der Waals surface area (Å²) in [6.07, 6.45) is -0.370. The molecule has 0 aromatic heterocycles. The lowest BCUT2D eigenvalue weighted by Crippen LogP contribution is -2.24. The quantitative estimate of drug-likeness (QED) is 0.728. The summed E-state index contributed by atoms with van der Waals surface area (Å²) in [6, 6.07) is 9.37. The fourth-order valence-electron chi connectivity index (χ4n) is 1.56. The second-order valence-electron chi connectivity index (χ2n) is 3.84. The average molecular weight is 238 g/mol. The van der Waals surface area contributed by atoms with E-state index >= 15 is 0 Å². The van der Waals surface area contributed by atoms with Crippen LogP contribution in [-0.2, 0) is 9.53 Å².